The third-order valence-corrected chi connectivity index (χ3v) is 3.47. The van der Waals surface area contributed by atoms with E-state index in [1.807, 2.05) is 0 Å². The van der Waals surface area contributed by atoms with Gasteiger partial charge in [-0.1, -0.05) is 12.1 Å². The van der Waals surface area contributed by atoms with Gasteiger partial charge >= 0.3 is 0 Å². The molecule has 6 heteroatoms. The molecule has 112 valence electrons. The standard InChI is InChI=1S/C15H18N2O4/c1-12(19)16-6-8-17(9-7-16)15(20)11-21-14-5-3-2-4-13(14)10-18/h2-5,10H,6-9,11H2,1H3. The van der Waals surface area contributed by atoms with Crippen LogP contribution in [0.2, 0.25) is 0 Å². The number of rotatable bonds is 4. The lowest BCUT2D eigenvalue weighted by Crippen LogP contribution is -2.51. The van der Waals surface area contributed by atoms with Gasteiger partial charge in [0.15, 0.2) is 12.9 Å². The van der Waals surface area contributed by atoms with Crippen molar-refractivity contribution in [1.82, 2.24) is 9.80 Å². The molecule has 0 spiro atoms. The van der Waals surface area contributed by atoms with Crippen molar-refractivity contribution in [3.8, 4) is 5.75 Å². The average molecular weight is 290 g/mol. The lowest BCUT2D eigenvalue weighted by molar-refractivity contribution is -0.139. The molecule has 1 aliphatic rings. The van der Waals surface area contributed by atoms with Crippen LogP contribution < -0.4 is 4.74 Å². The van der Waals surface area contributed by atoms with Crippen LogP contribution in [0.4, 0.5) is 0 Å². The number of piperazine rings is 1. The molecule has 1 heterocycles. The fourth-order valence-electron chi connectivity index (χ4n) is 2.21. The summed E-state index contributed by atoms with van der Waals surface area (Å²) in [7, 11) is 0. The molecule has 0 unspecified atom stereocenters. The van der Waals surface area contributed by atoms with Gasteiger partial charge in [-0.15, -0.1) is 0 Å². The smallest absolute Gasteiger partial charge is 0.260 e. The Morgan fingerprint density at radius 3 is 2.38 bits per heavy atom. The van der Waals surface area contributed by atoms with Gasteiger partial charge in [-0.2, -0.15) is 0 Å². The number of hydrogen-bond donors (Lipinski definition) is 0. The Bertz CT molecular complexity index is 536. The van der Waals surface area contributed by atoms with E-state index in [1.165, 1.54) is 6.92 Å². The van der Waals surface area contributed by atoms with Crippen molar-refractivity contribution in [3.05, 3.63) is 29.8 Å². The van der Waals surface area contributed by atoms with Crippen LogP contribution >= 0.6 is 0 Å². The second kappa shape index (κ2) is 6.88. The Labute approximate surface area is 123 Å². The van der Waals surface area contributed by atoms with E-state index in [9.17, 15) is 14.4 Å². The van der Waals surface area contributed by atoms with Gasteiger partial charge in [0.1, 0.15) is 5.75 Å². The van der Waals surface area contributed by atoms with Crippen LogP contribution in [0.3, 0.4) is 0 Å². The number of aldehydes is 1. The monoisotopic (exact) mass is 290 g/mol. The fraction of sp³-hybridized carbons (Fsp3) is 0.400. The molecule has 1 fully saturated rings. The van der Waals surface area contributed by atoms with E-state index in [1.54, 1.807) is 34.1 Å². The highest BCUT2D eigenvalue weighted by Gasteiger charge is 2.22. The molecule has 1 aromatic carbocycles. The molecular formula is C15H18N2O4. The molecule has 1 aliphatic heterocycles. The van der Waals surface area contributed by atoms with Crippen LogP contribution in [0, 0.1) is 0 Å². The number of ether oxygens (including phenoxy) is 1. The molecule has 0 radical (unpaired) electrons. The van der Waals surface area contributed by atoms with Crippen molar-refractivity contribution in [2.75, 3.05) is 32.8 Å². The van der Waals surface area contributed by atoms with Crippen molar-refractivity contribution >= 4 is 18.1 Å². The van der Waals surface area contributed by atoms with Gasteiger partial charge in [0.25, 0.3) is 5.91 Å². The van der Waals surface area contributed by atoms with Crippen LogP contribution in [0.1, 0.15) is 17.3 Å². The summed E-state index contributed by atoms with van der Waals surface area (Å²) in [6, 6.07) is 6.78. The molecule has 2 rings (SSSR count). The van der Waals surface area contributed by atoms with Gasteiger partial charge in [0.05, 0.1) is 5.56 Å². The van der Waals surface area contributed by atoms with Gasteiger partial charge < -0.3 is 14.5 Å². The minimum absolute atomic E-state index is 0.0262. The van der Waals surface area contributed by atoms with Crippen LogP contribution in [-0.4, -0.2) is 60.7 Å². The predicted molar refractivity (Wildman–Crippen MR) is 76.2 cm³/mol. The third-order valence-electron chi connectivity index (χ3n) is 3.47. The first kappa shape index (κ1) is 15.0. The van der Waals surface area contributed by atoms with Crippen molar-refractivity contribution in [1.29, 1.82) is 0 Å². The molecule has 2 amide bonds. The summed E-state index contributed by atoms with van der Waals surface area (Å²) in [4.78, 5) is 37.5. The number of amides is 2. The summed E-state index contributed by atoms with van der Waals surface area (Å²) >= 11 is 0. The van der Waals surface area contributed by atoms with E-state index in [2.05, 4.69) is 0 Å². The van der Waals surface area contributed by atoms with E-state index >= 15 is 0 Å². The number of benzene rings is 1. The Morgan fingerprint density at radius 2 is 1.76 bits per heavy atom. The summed E-state index contributed by atoms with van der Waals surface area (Å²) in [6.45, 7) is 3.54. The Balaban J connectivity index is 1.85. The van der Waals surface area contributed by atoms with Gasteiger partial charge in [0.2, 0.25) is 5.91 Å². The molecule has 0 aliphatic carbocycles. The highest BCUT2D eigenvalue weighted by molar-refractivity contribution is 5.81. The molecule has 21 heavy (non-hydrogen) atoms. The molecule has 0 saturated carbocycles. The lowest BCUT2D eigenvalue weighted by Gasteiger charge is -2.34. The molecule has 0 N–H and O–H groups in total. The third kappa shape index (κ3) is 3.81. The highest BCUT2D eigenvalue weighted by atomic mass is 16.5. The van der Waals surface area contributed by atoms with E-state index in [0.29, 0.717) is 43.8 Å². The maximum atomic E-state index is 12.1. The van der Waals surface area contributed by atoms with Crippen molar-refractivity contribution in [2.45, 2.75) is 6.92 Å². The SMILES string of the molecule is CC(=O)N1CCN(C(=O)COc2ccccc2C=O)CC1. The average Bonchev–Trinajstić information content (AvgIpc) is 2.52. The van der Waals surface area contributed by atoms with E-state index < -0.39 is 0 Å². The number of carbonyl (C=O) groups is 3. The molecule has 6 nitrogen and oxygen atoms in total. The Hall–Kier alpha value is -2.37. The molecule has 0 bridgehead atoms. The number of nitrogens with zero attached hydrogens (tertiary/aromatic N) is 2. The topological polar surface area (TPSA) is 66.9 Å². The normalized spacial score (nSPS) is 14.7. The lowest BCUT2D eigenvalue weighted by atomic mass is 10.2. The first-order valence-electron chi connectivity index (χ1n) is 6.82. The zero-order chi connectivity index (χ0) is 15.2. The zero-order valence-corrected chi connectivity index (χ0v) is 11.9. The summed E-state index contributed by atoms with van der Waals surface area (Å²) in [6.07, 6.45) is 0.700. The minimum atomic E-state index is -0.140. The first-order chi connectivity index (χ1) is 10.1. The fourth-order valence-corrected chi connectivity index (χ4v) is 2.21. The second-order valence-corrected chi connectivity index (χ2v) is 4.83. The minimum Gasteiger partial charge on any atom is -0.483 e. The van der Waals surface area contributed by atoms with Gasteiger partial charge in [-0.05, 0) is 12.1 Å². The van der Waals surface area contributed by atoms with Gasteiger partial charge in [-0.25, -0.2) is 0 Å². The predicted octanol–water partition coefficient (Wildman–Crippen LogP) is 0.569. The Kier molecular flexibility index (Phi) is 4.92. The summed E-state index contributed by atoms with van der Waals surface area (Å²) < 4.78 is 5.41. The van der Waals surface area contributed by atoms with Gasteiger partial charge in [0, 0.05) is 33.1 Å². The quantitative estimate of drug-likeness (QED) is 0.760. The maximum absolute atomic E-state index is 12.1. The summed E-state index contributed by atoms with van der Waals surface area (Å²) in [5, 5.41) is 0. The van der Waals surface area contributed by atoms with Crippen LogP contribution in [-0.2, 0) is 9.59 Å². The van der Waals surface area contributed by atoms with E-state index in [0.717, 1.165) is 0 Å². The Morgan fingerprint density at radius 1 is 1.14 bits per heavy atom. The first-order valence-corrected chi connectivity index (χ1v) is 6.82. The molecule has 0 aromatic heterocycles. The molecular weight excluding hydrogens is 272 g/mol. The number of para-hydroxylation sites is 1. The number of carbonyl (C=O) groups excluding carboxylic acids is 3. The van der Waals surface area contributed by atoms with E-state index in [4.69, 9.17) is 4.74 Å². The van der Waals surface area contributed by atoms with Gasteiger partial charge in [-0.3, -0.25) is 14.4 Å². The molecule has 1 saturated heterocycles. The largest absolute Gasteiger partial charge is 0.483 e. The van der Waals surface area contributed by atoms with Crippen LogP contribution in [0.5, 0.6) is 5.75 Å². The van der Waals surface area contributed by atoms with Crippen molar-refractivity contribution < 1.29 is 19.1 Å². The highest BCUT2D eigenvalue weighted by Crippen LogP contribution is 2.15. The van der Waals surface area contributed by atoms with Crippen molar-refractivity contribution in [2.24, 2.45) is 0 Å². The van der Waals surface area contributed by atoms with E-state index in [-0.39, 0.29) is 18.4 Å². The zero-order valence-electron chi connectivity index (χ0n) is 11.9. The molecule has 1 aromatic rings. The second-order valence-electron chi connectivity index (χ2n) is 4.83. The van der Waals surface area contributed by atoms with Crippen molar-refractivity contribution in [3.63, 3.8) is 0 Å². The van der Waals surface area contributed by atoms with Crippen LogP contribution in [0.25, 0.3) is 0 Å². The molecule has 0 atom stereocenters. The summed E-state index contributed by atoms with van der Waals surface area (Å²) in [5.74, 6) is 0.292. The van der Waals surface area contributed by atoms with Crippen LogP contribution in [0.15, 0.2) is 24.3 Å². The maximum Gasteiger partial charge on any atom is 0.260 e. The summed E-state index contributed by atoms with van der Waals surface area (Å²) in [5.41, 5.74) is 0.423. The number of hydrogen-bond acceptors (Lipinski definition) is 4.